The Morgan fingerprint density at radius 3 is 1.59 bits per heavy atom. The van der Waals surface area contributed by atoms with Crippen LogP contribution in [0.1, 0.15) is 41.5 Å². The minimum atomic E-state index is -2.98. The average Bonchev–Trinajstić information content (AvgIpc) is 2.67. The van der Waals surface area contributed by atoms with Crippen molar-refractivity contribution in [3.63, 3.8) is 0 Å². The molecule has 156 valence electrons. The summed E-state index contributed by atoms with van der Waals surface area (Å²) in [7, 11) is -5.73. The first kappa shape index (κ1) is 24.3. The van der Waals surface area contributed by atoms with Crippen LogP contribution in [0.5, 0.6) is 0 Å². The van der Waals surface area contributed by atoms with Gasteiger partial charge in [0, 0.05) is 38.7 Å². The molecule has 1 atom stereocenters. The van der Waals surface area contributed by atoms with Crippen LogP contribution in [0.25, 0.3) is 0 Å². The van der Waals surface area contributed by atoms with Crippen molar-refractivity contribution < 1.29 is 22.1 Å². The van der Waals surface area contributed by atoms with Crippen LogP contribution in [0.4, 0.5) is 5.69 Å². The first-order chi connectivity index (χ1) is 13.0. The molecule has 0 saturated heterocycles. The molecule has 27 heavy (non-hydrogen) atoms. The summed E-state index contributed by atoms with van der Waals surface area (Å²) in [4.78, 5) is 0. The SMILES string of the molecule is CCO[Si](CNc1ccccc1)(OCC)C(C)[Si](OCC)(OCC)OCC. The van der Waals surface area contributed by atoms with E-state index in [2.05, 4.69) is 12.2 Å². The maximum Gasteiger partial charge on any atom is 0.505 e. The van der Waals surface area contributed by atoms with Gasteiger partial charge < -0.3 is 27.4 Å². The van der Waals surface area contributed by atoms with E-state index in [-0.39, 0.29) is 5.16 Å². The second kappa shape index (κ2) is 12.7. The molecule has 0 aromatic heterocycles. The van der Waals surface area contributed by atoms with Gasteiger partial charge in [-0.3, -0.25) is 0 Å². The number of hydrogen-bond donors (Lipinski definition) is 1. The van der Waals surface area contributed by atoms with E-state index in [0.29, 0.717) is 39.2 Å². The van der Waals surface area contributed by atoms with Crippen LogP contribution in [-0.2, 0) is 22.1 Å². The fourth-order valence-electron chi connectivity index (χ4n) is 3.19. The molecule has 0 aliphatic heterocycles. The molecule has 8 heteroatoms. The normalized spacial score (nSPS) is 13.6. The molecule has 0 saturated carbocycles. The Morgan fingerprint density at radius 1 is 0.741 bits per heavy atom. The summed E-state index contributed by atoms with van der Waals surface area (Å²) in [6.07, 6.45) is 0.599. The monoisotopic (exact) mass is 415 g/mol. The van der Waals surface area contributed by atoms with Gasteiger partial charge in [-0.2, -0.15) is 0 Å². The van der Waals surface area contributed by atoms with Gasteiger partial charge in [-0.25, -0.2) is 0 Å². The molecule has 0 amide bonds. The minimum Gasteiger partial charge on any atom is -0.393 e. The number of hydrogen-bond acceptors (Lipinski definition) is 6. The molecular formula is C19H37NO5Si2. The number of rotatable bonds is 15. The second-order valence-electron chi connectivity index (χ2n) is 6.02. The predicted molar refractivity (Wildman–Crippen MR) is 114 cm³/mol. The van der Waals surface area contributed by atoms with Crippen molar-refractivity contribution in [2.24, 2.45) is 0 Å². The standard InChI is InChI=1S/C19H37NO5Si2/c1-7-21-26(22-8-2,17-20-19-15-13-12-14-16-19)18(6)27(23-9-3,24-10-4)25-11-5/h12-16,18,20H,7-11,17H2,1-6H3. The Hall–Kier alpha value is -0.746. The predicted octanol–water partition coefficient (Wildman–Crippen LogP) is 4.13. The third kappa shape index (κ3) is 6.67. The number of para-hydroxylation sites is 1. The van der Waals surface area contributed by atoms with Gasteiger partial charge in [0.05, 0.1) is 11.3 Å². The van der Waals surface area contributed by atoms with Gasteiger partial charge >= 0.3 is 17.4 Å². The molecule has 1 N–H and O–H groups in total. The Labute approximate surface area is 167 Å². The zero-order valence-corrected chi connectivity index (χ0v) is 19.7. The molecule has 6 nitrogen and oxygen atoms in total. The lowest BCUT2D eigenvalue weighted by Gasteiger charge is -2.42. The molecule has 1 rings (SSSR count). The van der Waals surface area contributed by atoms with Gasteiger partial charge in [-0.1, -0.05) is 25.1 Å². The summed E-state index contributed by atoms with van der Waals surface area (Å²) in [5.41, 5.74) is 1.04. The summed E-state index contributed by atoms with van der Waals surface area (Å²) in [5, 5.41) is 3.42. The summed E-state index contributed by atoms with van der Waals surface area (Å²) >= 11 is 0. The van der Waals surface area contributed by atoms with E-state index in [1.54, 1.807) is 0 Å². The largest absolute Gasteiger partial charge is 0.505 e. The third-order valence-corrected chi connectivity index (χ3v) is 13.4. The van der Waals surface area contributed by atoms with Crippen LogP contribution in [0.15, 0.2) is 30.3 Å². The molecule has 0 aliphatic carbocycles. The van der Waals surface area contributed by atoms with Crippen molar-refractivity contribution in [3.05, 3.63) is 30.3 Å². The van der Waals surface area contributed by atoms with Crippen molar-refractivity contribution in [3.8, 4) is 0 Å². The van der Waals surface area contributed by atoms with Crippen LogP contribution in [0.2, 0.25) is 5.16 Å². The van der Waals surface area contributed by atoms with E-state index in [1.165, 1.54) is 0 Å². The van der Waals surface area contributed by atoms with Crippen molar-refractivity contribution in [1.29, 1.82) is 0 Å². The third-order valence-electron chi connectivity index (χ3n) is 4.32. The molecular weight excluding hydrogens is 378 g/mol. The Bertz CT molecular complexity index is 483. The lowest BCUT2D eigenvalue weighted by Crippen LogP contribution is -2.64. The Morgan fingerprint density at radius 2 is 1.19 bits per heavy atom. The first-order valence-corrected chi connectivity index (χ1v) is 13.9. The summed E-state index contributed by atoms with van der Waals surface area (Å²) in [5.74, 6) is 0. The van der Waals surface area contributed by atoms with Crippen LogP contribution >= 0.6 is 0 Å². The van der Waals surface area contributed by atoms with Crippen LogP contribution in [0, 0.1) is 0 Å². The Balaban J connectivity index is 3.22. The summed E-state index contributed by atoms with van der Waals surface area (Å²) in [6, 6.07) is 10.1. The minimum absolute atomic E-state index is 0.0824. The molecule has 1 aromatic carbocycles. The van der Waals surface area contributed by atoms with Crippen molar-refractivity contribution in [2.45, 2.75) is 46.7 Å². The van der Waals surface area contributed by atoms with E-state index in [1.807, 2.05) is 65.0 Å². The highest BCUT2D eigenvalue weighted by Crippen LogP contribution is 2.36. The topological polar surface area (TPSA) is 58.2 Å². The van der Waals surface area contributed by atoms with E-state index in [9.17, 15) is 0 Å². The summed E-state index contributed by atoms with van der Waals surface area (Å²) in [6.45, 7) is 14.8. The van der Waals surface area contributed by atoms with Crippen LogP contribution in [-0.4, -0.2) is 56.6 Å². The lowest BCUT2D eigenvalue weighted by atomic mass is 10.3. The van der Waals surface area contributed by atoms with E-state index < -0.39 is 17.4 Å². The molecule has 0 aliphatic rings. The van der Waals surface area contributed by atoms with E-state index >= 15 is 0 Å². The van der Waals surface area contributed by atoms with Gasteiger partial charge in [-0.15, -0.1) is 0 Å². The van der Waals surface area contributed by atoms with Gasteiger partial charge in [0.25, 0.3) is 0 Å². The van der Waals surface area contributed by atoms with Gasteiger partial charge in [0.1, 0.15) is 0 Å². The average molecular weight is 416 g/mol. The van der Waals surface area contributed by atoms with Crippen LogP contribution in [0.3, 0.4) is 0 Å². The van der Waals surface area contributed by atoms with Gasteiger partial charge in [0.2, 0.25) is 0 Å². The maximum absolute atomic E-state index is 6.35. The number of anilines is 1. The fourth-order valence-corrected chi connectivity index (χ4v) is 11.6. The maximum atomic E-state index is 6.35. The fraction of sp³-hybridized carbons (Fsp3) is 0.684. The highest BCUT2D eigenvalue weighted by atomic mass is 28.4. The molecule has 0 spiro atoms. The summed E-state index contributed by atoms with van der Waals surface area (Å²) < 4.78 is 31.2. The first-order valence-electron chi connectivity index (χ1n) is 10.0. The van der Waals surface area contributed by atoms with Crippen LogP contribution < -0.4 is 5.32 Å². The molecule has 0 bridgehead atoms. The van der Waals surface area contributed by atoms with E-state index in [4.69, 9.17) is 22.1 Å². The molecule has 0 heterocycles. The lowest BCUT2D eigenvalue weighted by molar-refractivity contribution is 0.0611. The highest BCUT2D eigenvalue weighted by molar-refractivity contribution is 6.86. The van der Waals surface area contributed by atoms with Gasteiger partial charge in [-0.05, 0) is 46.8 Å². The van der Waals surface area contributed by atoms with Crippen molar-refractivity contribution in [2.75, 3.05) is 44.5 Å². The molecule has 0 fully saturated rings. The second-order valence-corrected chi connectivity index (χ2v) is 13.0. The zero-order chi connectivity index (χ0) is 20.2. The molecule has 1 aromatic rings. The molecule has 1 unspecified atom stereocenters. The quantitative estimate of drug-likeness (QED) is 0.435. The highest BCUT2D eigenvalue weighted by Gasteiger charge is 2.60. The smallest absolute Gasteiger partial charge is 0.393 e. The molecule has 0 radical (unpaired) electrons. The zero-order valence-electron chi connectivity index (χ0n) is 17.7. The Kier molecular flexibility index (Phi) is 11.4. The van der Waals surface area contributed by atoms with Crippen molar-refractivity contribution in [1.82, 2.24) is 0 Å². The van der Waals surface area contributed by atoms with Crippen molar-refractivity contribution >= 4 is 23.1 Å². The number of nitrogens with one attached hydrogen (secondary N) is 1. The van der Waals surface area contributed by atoms with Gasteiger partial charge in [0.15, 0.2) is 0 Å². The number of benzene rings is 1. The van der Waals surface area contributed by atoms with E-state index in [0.717, 1.165) is 5.69 Å².